The van der Waals surface area contributed by atoms with Crippen molar-refractivity contribution in [2.24, 2.45) is 5.92 Å². The average Bonchev–Trinajstić information content (AvgIpc) is 2.71. The molecule has 1 aliphatic rings. The zero-order valence-corrected chi connectivity index (χ0v) is 9.56. The number of carboxylic acid groups (broad SMARTS) is 1. The van der Waals surface area contributed by atoms with Crippen LogP contribution in [0.2, 0.25) is 0 Å². The van der Waals surface area contributed by atoms with Crippen LogP contribution in [0.1, 0.15) is 12.0 Å². The predicted molar refractivity (Wildman–Crippen MR) is 59.2 cm³/mol. The Morgan fingerprint density at radius 3 is 2.42 bits per heavy atom. The van der Waals surface area contributed by atoms with Crippen LogP contribution < -0.4 is 4.90 Å². The summed E-state index contributed by atoms with van der Waals surface area (Å²) in [5.74, 6) is -4.95. The van der Waals surface area contributed by atoms with Gasteiger partial charge in [-0.3, -0.25) is 9.59 Å². The molecule has 2 rings (SSSR count). The Kier molecular flexibility index (Phi) is 3.17. The molecule has 0 bridgehead atoms. The number of carbonyl (C=O) groups is 2. The molecule has 1 N–H and O–H groups in total. The highest BCUT2D eigenvalue weighted by atomic mass is 19.1. The van der Waals surface area contributed by atoms with Crippen LogP contribution in [0.5, 0.6) is 0 Å². The second-order valence-corrected chi connectivity index (χ2v) is 4.14. The van der Waals surface area contributed by atoms with E-state index in [1.807, 2.05) is 0 Å². The minimum absolute atomic E-state index is 0.208. The minimum Gasteiger partial charge on any atom is -0.481 e. The summed E-state index contributed by atoms with van der Waals surface area (Å²) in [4.78, 5) is 23.2. The number of amides is 1. The minimum atomic E-state index is -1.19. The third-order valence-electron chi connectivity index (χ3n) is 2.89. The van der Waals surface area contributed by atoms with E-state index in [1.54, 1.807) is 6.07 Å². The lowest BCUT2D eigenvalue weighted by molar-refractivity contribution is -0.141. The number of benzene rings is 1. The van der Waals surface area contributed by atoms with Gasteiger partial charge in [0.1, 0.15) is 5.69 Å². The van der Waals surface area contributed by atoms with E-state index in [-0.39, 0.29) is 18.5 Å². The van der Waals surface area contributed by atoms with Gasteiger partial charge in [-0.1, -0.05) is 0 Å². The maximum absolute atomic E-state index is 13.7. The molecule has 1 atom stereocenters. The van der Waals surface area contributed by atoms with Crippen molar-refractivity contribution in [2.45, 2.75) is 6.42 Å². The van der Waals surface area contributed by atoms with Gasteiger partial charge in [-0.25, -0.2) is 8.78 Å². The molecule has 1 unspecified atom stereocenters. The van der Waals surface area contributed by atoms with E-state index in [0.29, 0.717) is 0 Å². The molecular formula is C12H8F2N2O3. The first-order chi connectivity index (χ1) is 8.93. The summed E-state index contributed by atoms with van der Waals surface area (Å²) in [5.41, 5.74) is -0.812. The zero-order chi connectivity index (χ0) is 14.2. The first kappa shape index (κ1) is 13.0. The molecule has 1 aromatic rings. The van der Waals surface area contributed by atoms with Crippen molar-refractivity contribution in [3.05, 3.63) is 29.3 Å². The maximum Gasteiger partial charge on any atom is 0.308 e. The molecule has 1 aromatic carbocycles. The van der Waals surface area contributed by atoms with E-state index >= 15 is 0 Å². The van der Waals surface area contributed by atoms with Gasteiger partial charge in [0.05, 0.1) is 17.6 Å². The summed E-state index contributed by atoms with van der Waals surface area (Å²) in [6, 6.07) is 3.20. The third kappa shape index (κ3) is 2.25. The van der Waals surface area contributed by atoms with Crippen molar-refractivity contribution in [3.63, 3.8) is 0 Å². The Bertz CT molecular complexity index is 586. The summed E-state index contributed by atoms with van der Waals surface area (Å²) < 4.78 is 27.4. The highest BCUT2D eigenvalue weighted by Crippen LogP contribution is 2.30. The molecule has 19 heavy (non-hydrogen) atoms. The van der Waals surface area contributed by atoms with Crippen LogP contribution in [-0.4, -0.2) is 23.5 Å². The molecule has 5 nitrogen and oxygen atoms in total. The quantitative estimate of drug-likeness (QED) is 0.874. The number of halogens is 2. The molecule has 1 fully saturated rings. The van der Waals surface area contributed by atoms with Crippen molar-refractivity contribution in [1.29, 1.82) is 5.26 Å². The molecule has 0 aliphatic carbocycles. The van der Waals surface area contributed by atoms with Crippen LogP contribution in [0.3, 0.4) is 0 Å². The van der Waals surface area contributed by atoms with Crippen molar-refractivity contribution in [1.82, 2.24) is 0 Å². The van der Waals surface area contributed by atoms with E-state index in [4.69, 9.17) is 10.4 Å². The Hall–Kier alpha value is -2.49. The Labute approximate surface area is 106 Å². The standard InChI is InChI=1S/C12H8F2N2O3/c13-8-1-6(4-15)2-9(14)11(8)16-5-7(12(18)19)3-10(16)17/h1-2,7H,3,5H2,(H,18,19). The number of nitrogens with zero attached hydrogens (tertiary/aromatic N) is 2. The molecule has 98 valence electrons. The van der Waals surface area contributed by atoms with E-state index in [0.717, 1.165) is 17.0 Å². The Morgan fingerprint density at radius 1 is 1.42 bits per heavy atom. The topological polar surface area (TPSA) is 81.4 Å². The van der Waals surface area contributed by atoms with Crippen molar-refractivity contribution < 1.29 is 23.5 Å². The molecule has 0 radical (unpaired) electrons. The Balaban J connectivity index is 2.41. The Morgan fingerprint density at radius 2 is 2.00 bits per heavy atom. The van der Waals surface area contributed by atoms with Gasteiger partial charge in [0.15, 0.2) is 11.6 Å². The number of anilines is 1. The first-order valence-electron chi connectivity index (χ1n) is 5.36. The number of hydrogen-bond acceptors (Lipinski definition) is 3. The lowest BCUT2D eigenvalue weighted by Gasteiger charge is -2.17. The molecular weight excluding hydrogens is 258 g/mol. The largest absolute Gasteiger partial charge is 0.481 e. The van der Waals surface area contributed by atoms with Crippen LogP contribution in [-0.2, 0) is 9.59 Å². The second-order valence-electron chi connectivity index (χ2n) is 4.14. The summed E-state index contributed by atoms with van der Waals surface area (Å²) in [6.07, 6.45) is -0.297. The van der Waals surface area contributed by atoms with Gasteiger partial charge in [0.25, 0.3) is 0 Å². The summed E-state index contributed by atoms with van der Waals surface area (Å²) in [6.45, 7) is -0.284. The molecule has 0 saturated carbocycles. The molecule has 1 aliphatic heterocycles. The summed E-state index contributed by atoms with van der Waals surface area (Å²) >= 11 is 0. The lowest BCUT2D eigenvalue weighted by Crippen LogP contribution is -2.27. The highest BCUT2D eigenvalue weighted by molar-refractivity contribution is 5.99. The smallest absolute Gasteiger partial charge is 0.308 e. The number of rotatable bonds is 2. The maximum atomic E-state index is 13.7. The number of aliphatic carboxylic acids is 1. The van der Waals surface area contributed by atoms with Gasteiger partial charge in [-0.2, -0.15) is 5.26 Å². The predicted octanol–water partition coefficient (Wildman–Crippen LogP) is 1.27. The van der Waals surface area contributed by atoms with Crippen LogP contribution in [0, 0.1) is 28.9 Å². The van der Waals surface area contributed by atoms with Gasteiger partial charge in [-0.05, 0) is 12.1 Å². The fourth-order valence-electron chi connectivity index (χ4n) is 1.98. The second kappa shape index (κ2) is 4.65. The van der Waals surface area contributed by atoms with Crippen molar-refractivity contribution in [3.8, 4) is 6.07 Å². The fourth-order valence-corrected chi connectivity index (χ4v) is 1.98. The van der Waals surface area contributed by atoms with E-state index in [1.165, 1.54) is 0 Å². The van der Waals surface area contributed by atoms with Crippen molar-refractivity contribution >= 4 is 17.6 Å². The van der Waals surface area contributed by atoms with E-state index in [2.05, 4.69) is 0 Å². The highest BCUT2D eigenvalue weighted by Gasteiger charge is 2.37. The van der Waals surface area contributed by atoms with Gasteiger partial charge in [0, 0.05) is 13.0 Å². The first-order valence-corrected chi connectivity index (χ1v) is 5.36. The monoisotopic (exact) mass is 266 g/mol. The fraction of sp³-hybridized carbons (Fsp3) is 0.250. The normalized spacial score (nSPS) is 18.5. The molecule has 1 saturated heterocycles. The molecule has 7 heteroatoms. The van der Waals surface area contributed by atoms with E-state index in [9.17, 15) is 18.4 Å². The summed E-state index contributed by atoms with van der Waals surface area (Å²) in [5, 5.41) is 17.4. The van der Waals surface area contributed by atoms with Gasteiger partial charge >= 0.3 is 5.97 Å². The number of hydrogen-bond donors (Lipinski definition) is 1. The van der Waals surface area contributed by atoms with Gasteiger partial charge in [-0.15, -0.1) is 0 Å². The number of carboxylic acids is 1. The van der Waals surface area contributed by atoms with Crippen LogP contribution >= 0.6 is 0 Å². The molecule has 1 amide bonds. The molecule has 1 heterocycles. The molecule has 0 aromatic heterocycles. The van der Waals surface area contributed by atoms with Crippen molar-refractivity contribution in [2.75, 3.05) is 11.4 Å². The molecule has 0 spiro atoms. The SMILES string of the molecule is N#Cc1cc(F)c(N2CC(C(=O)O)CC2=O)c(F)c1. The number of nitriles is 1. The number of carbonyl (C=O) groups excluding carboxylic acids is 1. The van der Waals surface area contributed by atoms with Crippen LogP contribution in [0.25, 0.3) is 0 Å². The van der Waals surface area contributed by atoms with Gasteiger partial charge < -0.3 is 10.0 Å². The zero-order valence-electron chi connectivity index (χ0n) is 9.56. The van der Waals surface area contributed by atoms with Crippen LogP contribution in [0.4, 0.5) is 14.5 Å². The summed E-state index contributed by atoms with van der Waals surface area (Å²) in [7, 11) is 0. The van der Waals surface area contributed by atoms with E-state index < -0.39 is 35.1 Å². The van der Waals surface area contributed by atoms with Crippen LogP contribution in [0.15, 0.2) is 12.1 Å². The third-order valence-corrected chi connectivity index (χ3v) is 2.89. The van der Waals surface area contributed by atoms with Gasteiger partial charge in [0.2, 0.25) is 5.91 Å². The lowest BCUT2D eigenvalue weighted by atomic mass is 10.1. The average molecular weight is 266 g/mol.